The molecule has 2 aromatic heterocycles. The SMILES string of the molecule is OCCCSc1ccc(NCc2c(Cl)nc3ccccn23)cc1. The lowest BCUT2D eigenvalue weighted by atomic mass is 10.3. The van der Waals surface area contributed by atoms with E-state index in [2.05, 4.69) is 34.6 Å². The van der Waals surface area contributed by atoms with Crippen LogP contribution in [0.15, 0.2) is 53.6 Å². The number of rotatable bonds is 7. The summed E-state index contributed by atoms with van der Waals surface area (Å²) in [6, 6.07) is 14.1. The van der Waals surface area contributed by atoms with Crippen molar-refractivity contribution in [1.29, 1.82) is 0 Å². The van der Waals surface area contributed by atoms with Crippen LogP contribution in [0.2, 0.25) is 5.15 Å². The number of nitrogens with one attached hydrogen (secondary N) is 1. The second kappa shape index (κ2) is 7.73. The first-order chi connectivity index (χ1) is 11.3. The molecule has 0 unspecified atom stereocenters. The standard InChI is InChI=1S/C17H18ClN3OS/c18-17-15(21-9-2-1-4-16(21)20-17)12-19-13-5-7-14(8-6-13)23-11-3-10-22/h1-2,4-9,19,22H,3,10-12H2. The molecule has 0 aliphatic heterocycles. The number of nitrogens with zero attached hydrogens (tertiary/aromatic N) is 2. The molecule has 0 aliphatic rings. The monoisotopic (exact) mass is 347 g/mol. The van der Waals surface area contributed by atoms with Gasteiger partial charge in [0.05, 0.1) is 12.2 Å². The van der Waals surface area contributed by atoms with Crippen molar-refractivity contribution in [2.45, 2.75) is 17.9 Å². The fourth-order valence-electron chi connectivity index (χ4n) is 2.29. The summed E-state index contributed by atoms with van der Waals surface area (Å²) in [7, 11) is 0. The molecule has 2 heterocycles. The van der Waals surface area contributed by atoms with Crippen LogP contribution >= 0.6 is 23.4 Å². The molecular weight excluding hydrogens is 330 g/mol. The fraction of sp³-hybridized carbons (Fsp3) is 0.235. The van der Waals surface area contributed by atoms with Gasteiger partial charge in [0.2, 0.25) is 0 Å². The Labute approximate surface area is 144 Å². The topological polar surface area (TPSA) is 49.6 Å². The molecule has 0 radical (unpaired) electrons. The highest BCUT2D eigenvalue weighted by Gasteiger charge is 2.09. The number of halogens is 1. The lowest BCUT2D eigenvalue weighted by Gasteiger charge is -2.08. The maximum atomic E-state index is 8.81. The molecule has 0 saturated carbocycles. The Kier molecular flexibility index (Phi) is 5.43. The Hall–Kier alpha value is -1.69. The molecule has 0 aliphatic carbocycles. The van der Waals surface area contributed by atoms with Gasteiger partial charge in [0.1, 0.15) is 5.65 Å². The van der Waals surface area contributed by atoms with Gasteiger partial charge in [-0.05, 0) is 42.8 Å². The maximum Gasteiger partial charge on any atom is 0.153 e. The number of hydrogen-bond donors (Lipinski definition) is 2. The van der Waals surface area contributed by atoms with Crippen LogP contribution < -0.4 is 5.32 Å². The highest BCUT2D eigenvalue weighted by Crippen LogP contribution is 2.22. The number of anilines is 1. The Morgan fingerprint density at radius 1 is 1.17 bits per heavy atom. The van der Waals surface area contributed by atoms with Crippen LogP contribution in [0, 0.1) is 0 Å². The molecule has 0 atom stereocenters. The third-order valence-corrected chi connectivity index (χ3v) is 4.87. The summed E-state index contributed by atoms with van der Waals surface area (Å²) in [4.78, 5) is 5.55. The molecule has 0 fully saturated rings. The van der Waals surface area contributed by atoms with Gasteiger partial charge in [0.25, 0.3) is 0 Å². The number of pyridine rings is 1. The van der Waals surface area contributed by atoms with Crippen molar-refractivity contribution in [3.05, 3.63) is 59.5 Å². The van der Waals surface area contributed by atoms with E-state index in [0.29, 0.717) is 11.7 Å². The van der Waals surface area contributed by atoms with Crippen LogP contribution in [0.4, 0.5) is 5.69 Å². The van der Waals surface area contributed by atoms with Gasteiger partial charge in [-0.1, -0.05) is 17.7 Å². The summed E-state index contributed by atoms with van der Waals surface area (Å²) in [5, 5.41) is 12.7. The van der Waals surface area contributed by atoms with Crippen LogP contribution in [0.25, 0.3) is 5.65 Å². The Morgan fingerprint density at radius 3 is 2.78 bits per heavy atom. The van der Waals surface area contributed by atoms with E-state index in [1.54, 1.807) is 11.8 Å². The molecule has 0 bridgehead atoms. The molecule has 0 amide bonds. The second-order valence-electron chi connectivity index (χ2n) is 5.08. The van der Waals surface area contributed by atoms with Crippen LogP contribution in [0.3, 0.4) is 0 Å². The minimum Gasteiger partial charge on any atom is -0.396 e. The highest BCUT2D eigenvalue weighted by molar-refractivity contribution is 7.99. The molecule has 1 aromatic carbocycles. The summed E-state index contributed by atoms with van der Waals surface area (Å²) in [6.07, 6.45) is 2.78. The van der Waals surface area contributed by atoms with E-state index < -0.39 is 0 Å². The van der Waals surface area contributed by atoms with Gasteiger partial charge in [-0.3, -0.25) is 0 Å². The van der Waals surface area contributed by atoms with Crippen molar-refractivity contribution in [2.24, 2.45) is 0 Å². The zero-order chi connectivity index (χ0) is 16.1. The van der Waals surface area contributed by atoms with Gasteiger partial charge in [-0.25, -0.2) is 4.98 Å². The molecule has 3 aromatic rings. The molecule has 0 spiro atoms. The Morgan fingerprint density at radius 2 is 2.00 bits per heavy atom. The van der Waals surface area contributed by atoms with Crippen LogP contribution in [-0.2, 0) is 6.54 Å². The minimum absolute atomic E-state index is 0.243. The van der Waals surface area contributed by atoms with Gasteiger partial charge >= 0.3 is 0 Å². The van der Waals surface area contributed by atoms with E-state index in [4.69, 9.17) is 16.7 Å². The maximum absolute atomic E-state index is 8.81. The van der Waals surface area contributed by atoms with Gasteiger partial charge in [-0.15, -0.1) is 11.8 Å². The van der Waals surface area contributed by atoms with Crippen molar-refractivity contribution >= 4 is 34.7 Å². The summed E-state index contributed by atoms with van der Waals surface area (Å²) >= 11 is 7.99. The van der Waals surface area contributed by atoms with Crippen molar-refractivity contribution in [3.8, 4) is 0 Å². The van der Waals surface area contributed by atoms with Gasteiger partial charge in [0.15, 0.2) is 5.15 Å². The van der Waals surface area contributed by atoms with E-state index in [0.717, 1.165) is 29.2 Å². The van der Waals surface area contributed by atoms with E-state index in [1.807, 2.05) is 28.8 Å². The number of aliphatic hydroxyl groups is 1. The number of imidazole rings is 1. The minimum atomic E-state index is 0.243. The van der Waals surface area contributed by atoms with E-state index in [1.165, 1.54) is 4.90 Å². The fourth-order valence-corrected chi connectivity index (χ4v) is 3.37. The molecule has 0 saturated heterocycles. The number of hydrogen-bond acceptors (Lipinski definition) is 4. The third-order valence-electron chi connectivity index (χ3n) is 3.47. The van der Waals surface area contributed by atoms with E-state index in [-0.39, 0.29) is 6.61 Å². The lowest BCUT2D eigenvalue weighted by Crippen LogP contribution is -2.03. The smallest absolute Gasteiger partial charge is 0.153 e. The normalized spacial score (nSPS) is 11.0. The molecule has 6 heteroatoms. The number of thioether (sulfide) groups is 1. The average molecular weight is 348 g/mol. The predicted octanol–water partition coefficient (Wildman–Crippen LogP) is 4.07. The number of aromatic nitrogens is 2. The Balaban J connectivity index is 1.64. The molecule has 4 nitrogen and oxygen atoms in total. The number of aliphatic hydroxyl groups excluding tert-OH is 1. The molecular formula is C17H18ClN3OS. The third kappa shape index (κ3) is 3.99. The van der Waals surface area contributed by atoms with Crippen molar-refractivity contribution in [2.75, 3.05) is 17.7 Å². The molecule has 120 valence electrons. The summed E-state index contributed by atoms with van der Waals surface area (Å²) in [5.74, 6) is 0.931. The lowest BCUT2D eigenvalue weighted by molar-refractivity contribution is 0.296. The van der Waals surface area contributed by atoms with Crippen molar-refractivity contribution in [3.63, 3.8) is 0 Å². The van der Waals surface area contributed by atoms with Gasteiger partial charge < -0.3 is 14.8 Å². The molecule has 23 heavy (non-hydrogen) atoms. The Bertz CT molecular complexity index is 773. The molecule has 2 N–H and O–H groups in total. The summed E-state index contributed by atoms with van der Waals surface area (Å²) in [5.41, 5.74) is 2.84. The van der Waals surface area contributed by atoms with Gasteiger partial charge in [-0.2, -0.15) is 0 Å². The first-order valence-corrected chi connectivity index (χ1v) is 8.83. The zero-order valence-corrected chi connectivity index (χ0v) is 14.1. The number of benzene rings is 1. The second-order valence-corrected chi connectivity index (χ2v) is 6.61. The van der Waals surface area contributed by atoms with Crippen LogP contribution in [-0.4, -0.2) is 26.9 Å². The molecule has 3 rings (SSSR count). The van der Waals surface area contributed by atoms with Crippen LogP contribution in [0.1, 0.15) is 12.1 Å². The predicted molar refractivity (Wildman–Crippen MR) is 96.4 cm³/mol. The van der Waals surface area contributed by atoms with E-state index >= 15 is 0 Å². The summed E-state index contributed by atoms with van der Waals surface area (Å²) < 4.78 is 1.99. The first-order valence-electron chi connectivity index (χ1n) is 7.47. The average Bonchev–Trinajstić information content (AvgIpc) is 2.90. The van der Waals surface area contributed by atoms with E-state index in [9.17, 15) is 0 Å². The quantitative estimate of drug-likeness (QED) is 0.499. The van der Waals surface area contributed by atoms with Gasteiger partial charge in [0, 0.05) is 29.1 Å². The highest BCUT2D eigenvalue weighted by atomic mass is 35.5. The largest absolute Gasteiger partial charge is 0.396 e. The van der Waals surface area contributed by atoms with Crippen molar-refractivity contribution in [1.82, 2.24) is 9.38 Å². The first kappa shape index (κ1) is 16.2. The van der Waals surface area contributed by atoms with Crippen molar-refractivity contribution < 1.29 is 5.11 Å². The number of fused-ring (bicyclic) bond motifs is 1. The zero-order valence-electron chi connectivity index (χ0n) is 12.6. The summed E-state index contributed by atoms with van der Waals surface area (Å²) in [6.45, 7) is 0.855. The van der Waals surface area contributed by atoms with Crippen LogP contribution in [0.5, 0.6) is 0 Å².